The summed E-state index contributed by atoms with van der Waals surface area (Å²) >= 11 is 5.82. The summed E-state index contributed by atoms with van der Waals surface area (Å²) in [4.78, 5) is 0. The Kier molecular flexibility index (Phi) is 5.16. The Hall–Kier alpha value is -1.38. The van der Waals surface area contributed by atoms with Gasteiger partial charge in [-0.25, -0.2) is 4.39 Å². The van der Waals surface area contributed by atoms with Crippen molar-refractivity contribution < 1.29 is 4.39 Å². The molecule has 0 heterocycles. The van der Waals surface area contributed by atoms with Gasteiger partial charge in [-0.1, -0.05) is 48.9 Å². The van der Waals surface area contributed by atoms with E-state index < -0.39 is 0 Å². The normalized spacial score (nSPS) is 12.4. The summed E-state index contributed by atoms with van der Waals surface area (Å²) in [5.74, 6) is -0.253. The predicted octanol–water partition coefficient (Wildman–Crippen LogP) is 4.68. The van der Waals surface area contributed by atoms with Crippen LogP contribution in [0.1, 0.15) is 29.7 Å². The third kappa shape index (κ3) is 3.59. The molecule has 2 rings (SSSR count). The molecular formula is C17H19ClFN. The highest BCUT2D eigenvalue weighted by Gasteiger charge is 2.16. The van der Waals surface area contributed by atoms with Crippen LogP contribution in [-0.4, -0.2) is 6.54 Å². The van der Waals surface area contributed by atoms with Crippen molar-refractivity contribution in [3.63, 3.8) is 0 Å². The average molecular weight is 292 g/mol. The second kappa shape index (κ2) is 6.87. The highest BCUT2D eigenvalue weighted by Crippen LogP contribution is 2.25. The lowest BCUT2D eigenvalue weighted by Gasteiger charge is -2.20. The van der Waals surface area contributed by atoms with Crippen LogP contribution in [0.2, 0.25) is 5.02 Å². The van der Waals surface area contributed by atoms with Crippen LogP contribution in [0.4, 0.5) is 4.39 Å². The summed E-state index contributed by atoms with van der Waals surface area (Å²) in [5, 5.41) is 3.78. The number of benzene rings is 2. The molecule has 1 atom stereocenters. The second-order valence-corrected chi connectivity index (χ2v) is 5.34. The number of halogens is 2. The maximum atomic E-state index is 14.1. The first kappa shape index (κ1) is 15.0. The van der Waals surface area contributed by atoms with Gasteiger partial charge in [0.25, 0.3) is 0 Å². The van der Waals surface area contributed by atoms with E-state index in [2.05, 4.69) is 24.4 Å². The zero-order valence-electron chi connectivity index (χ0n) is 11.8. The molecule has 2 aromatic rings. The lowest BCUT2D eigenvalue weighted by atomic mass is 9.96. The van der Waals surface area contributed by atoms with Crippen molar-refractivity contribution in [3.8, 4) is 0 Å². The van der Waals surface area contributed by atoms with Gasteiger partial charge in [-0.05, 0) is 43.1 Å². The van der Waals surface area contributed by atoms with Gasteiger partial charge in [0.05, 0.1) is 0 Å². The van der Waals surface area contributed by atoms with E-state index in [1.165, 1.54) is 17.2 Å². The molecule has 0 saturated heterocycles. The third-order valence-corrected chi connectivity index (χ3v) is 3.71. The largest absolute Gasteiger partial charge is 0.310 e. The molecule has 20 heavy (non-hydrogen) atoms. The second-order valence-electron chi connectivity index (χ2n) is 4.91. The van der Waals surface area contributed by atoms with Crippen LogP contribution < -0.4 is 5.32 Å². The van der Waals surface area contributed by atoms with Gasteiger partial charge in [-0.2, -0.15) is 0 Å². The fourth-order valence-corrected chi connectivity index (χ4v) is 2.54. The quantitative estimate of drug-likeness (QED) is 0.843. The van der Waals surface area contributed by atoms with Gasteiger partial charge >= 0.3 is 0 Å². The average Bonchev–Trinajstić information content (AvgIpc) is 2.41. The molecule has 0 saturated carbocycles. The van der Waals surface area contributed by atoms with Gasteiger partial charge in [0.2, 0.25) is 0 Å². The van der Waals surface area contributed by atoms with Crippen LogP contribution in [0, 0.1) is 12.7 Å². The summed E-state index contributed by atoms with van der Waals surface area (Å²) in [5.41, 5.74) is 3.12. The molecule has 106 valence electrons. The predicted molar refractivity (Wildman–Crippen MR) is 82.7 cm³/mol. The van der Waals surface area contributed by atoms with Crippen molar-refractivity contribution in [2.24, 2.45) is 0 Å². The van der Waals surface area contributed by atoms with Crippen LogP contribution >= 0.6 is 11.6 Å². The monoisotopic (exact) mass is 291 g/mol. The highest BCUT2D eigenvalue weighted by atomic mass is 35.5. The summed E-state index contributed by atoms with van der Waals surface area (Å²) in [6, 6.07) is 13.0. The van der Waals surface area contributed by atoms with Crippen molar-refractivity contribution in [2.45, 2.75) is 26.3 Å². The van der Waals surface area contributed by atoms with Crippen LogP contribution in [0.15, 0.2) is 42.5 Å². The molecule has 0 aliphatic rings. The van der Waals surface area contributed by atoms with Gasteiger partial charge in [0.15, 0.2) is 0 Å². The molecule has 1 nitrogen and oxygen atoms in total. The van der Waals surface area contributed by atoms with Crippen LogP contribution in [0.3, 0.4) is 0 Å². The van der Waals surface area contributed by atoms with Gasteiger partial charge in [-0.3, -0.25) is 0 Å². The fraction of sp³-hybridized carbons (Fsp3) is 0.294. The number of aryl methyl sites for hydroxylation is 1. The molecule has 0 aliphatic heterocycles. The van der Waals surface area contributed by atoms with Crippen molar-refractivity contribution >= 4 is 11.6 Å². The first-order chi connectivity index (χ1) is 9.61. The summed E-state index contributed by atoms with van der Waals surface area (Å²) < 4.78 is 14.1. The Morgan fingerprint density at radius 1 is 1.20 bits per heavy atom. The van der Waals surface area contributed by atoms with E-state index in [0.29, 0.717) is 10.6 Å². The van der Waals surface area contributed by atoms with E-state index in [1.807, 2.05) is 19.1 Å². The van der Waals surface area contributed by atoms with Crippen molar-refractivity contribution in [2.75, 3.05) is 6.54 Å². The van der Waals surface area contributed by atoms with Gasteiger partial charge in [0.1, 0.15) is 5.82 Å². The lowest BCUT2D eigenvalue weighted by Crippen LogP contribution is -2.24. The van der Waals surface area contributed by atoms with Crippen LogP contribution in [-0.2, 0) is 6.42 Å². The van der Waals surface area contributed by atoms with Crippen molar-refractivity contribution in [1.82, 2.24) is 5.32 Å². The molecule has 0 fully saturated rings. The number of nitrogens with one attached hydrogen (secondary N) is 1. The molecule has 0 radical (unpaired) electrons. The Morgan fingerprint density at radius 3 is 2.60 bits per heavy atom. The summed E-state index contributed by atoms with van der Waals surface area (Å²) in [6.07, 6.45) is 0.763. The maximum Gasteiger partial charge on any atom is 0.129 e. The highest BCUT2D eigenvalue weighted by molar-refractivity contribution is 6.30. The summed E-state index contributed by atoms with van der Waals surface area (Å²) in [6.45, 7) is 4.90. The van der Waals surface area contributed by atoms with Crippen molar-refractivity contribution in [3.05, 3.63) is 70.0 Å². The van der Waals surface area contributed by atoms with Gasteiger partial charge in [0, 0.05) is 16.6 Å². The lowest BCUT2D eigenvalue weighted by molar-refractivity contribution is 0.509. The minimum Gasteiger partial charge on any atom is -0.310 e. The van der Waals surface area contributed by atoms with Crippen LogP contribution in [0.5, 0.6) is 0 Å². The van der Waals surface area contributed by atoms with Gasteiger partial charge < -0.3 is 5.32 Å². The number of hydrogen-bond acceptors (Lipinski definition) is 1. The van der Waals surface area contributed by atoms with Crippen molar-refractivity contribution in [1.29, 1.82) is 0 Å². The zero-order valence-corrected chi connectivity index (χ0v) is 12.5. The molecule has 2 aromatic carbocycles. The number of likely N-dealkylation sites (N-methyl/N-ethyl adjacent to an activating group) is 1. The van der Waals surface area contributed by atoms with E-state index in [-0.39, 0.29) is 11.9 Å². The molecule has 0 amide bonds. The molecule has 0 bridgehead atoms. The molecule has 0 aliphatic carbocycles. The van der Waals surface area contributed by atoms with E-state index in [0.717, 1.165) is 13.0 Å². The smallest absolute Gasteiger partial charge is 0.129 e. The standard InChI is InChI=1S/C17H19ClFN/c1-3-20-17(10-13-7-5-4-6-12(13)2)15-9-8-14(18)11-16(15)19/h4-9,11,17,20H,3,10H2,1-2H3. The summed E-state index contributed by atoms with van der Waals surface area (Å²) in [7, 11) is 0. The third-order valence-electron chi connectivity index (χ3n) is 3.47. The van der Waals surface area contributed by atoms with Gasteiger partial charge in [-0.15, -0.1) is 0 Å². The van der Waals surface area contributed by atoms with E-state index >= 15 is 0 Å². The number of rotatable bonds is 5. The topological polar surface area (TPSA) is 12.0 Å². The molecule has 0 spiro atoms. The molecule has 1 unspecified atom stereocenters. The molecule has 3 heteroatoms. The van der Waals surface area contributed by atoms with E-state index in [9.17, 15) is 4.39 Å². The Morgan fingerprint density at radius 2 is 1.95 bits per heavy atom. The number of hydrogen-bond donors (Lipinski definition) is 1. The van der Waals surface area contributed by atoms with E-state index in [4.69, 9.17) is 11.6 Å². The maximum absolute atomic E-state index is 14.1. The molecular weight excluding hydrogens is 273 g/mol. The minimum absolute atomic E-state index is 0.0432. The fourth-order valence-electron chi connectivity index (χ4n) is 2.38. The van der Waals surface area contributed by atoms with Crippen LogP contribution in [0.25, 0.3) is 0 Å². The van der Waals surface area contributed by atoms with E-state index in [1.54, 1.807) is 12.1 Å². The Bertz CT molecular complexity index is 583. The first-order valence-electron chi connectivity index (χ1n) is 6.84. The molecule has 0 aromatic heterocycles. The first-order valence-corrected chi connectivity index (χ1v) is 7.22. The zero-order chi connectivity index (χ0) is 14.5. The Labute approximate surface area is 124 Å². The SMILES string of the molecule is CCNC(Cc1ccccc1C)c1ccc(Cl)cc1F. The minimum atomic E-state index is -0.253. The Balaban J connectivity index is 2.29. The molecule has 1 N–H and O–H groups in total.